The zero-order valence-electron chi connectivity index (χ0n) is 9.73. The molecule has 0 bridgehead atoms. The Kier molecular flexibility index (Phi) is 6.40. The lowest BCUT2D eigenvalue weighted by molar-refractivity contribution is -0.127. The first kappa shape index (κ1) is 14.4. The molecule has 17 heavy (non-hydrogen) atoms. The predicted molar refractivity (Wildman–Crippen MR) is 71.5 cm³/mol. The first-order valence-electron chi connectivity index (χ1n) is 5.36. The average molecular weight is 274 g/mol. The molecule has 3 nitrogen and oxygen atoms in total. The van der Waals surface area contributed by atoms with E-state index in [1.165, 1.54) is 11.8 Å². The molecule has 0 unspecified atom stereocenters. The van der Waals surface area contributed by atoms with Crippen LogP contribution in [-0.2, 0) is 4.79 Å². The maximum absolute atomic E-state index is 11.7. The Morgan fingerprint density at radius 1 is 1.41 bits per heavy atom. The van der Waals surface area contributed by atoms with Crippen LogP contribution in [-0.4, -0.2) is 41.9 Å². The number of hydrogen-bond acceptors (Lipinski definition) is 3. The minimum Gasteiger partial charge on any atom is -0.396 e. The van der Waals surface area contributed by atoms with Crippen molar-refractivity contribution in [3.8, 4) is 0 Å². The molecular weight excluding hydrogens is 258 g/mol. The standard InChI is InChI=1S/C12H16ClNO2S/c1-14(7-2-8-15)12(16)9-17-11-5-3-10(13)4-6-11/h3-6,15H,2,7-9H2,1H3. The Morgan fingerprint density at radius 3 is 2.65 bits per heavy atom. The summed E-state index contributed by atoms with van der Waals surface area (Å²) in [7, 11) is 1.75. The summed E-state index contributed by atoms with van der Waals surface area (Å²) in [6.45, 7) is 0.707. The lowest BCUT2D eigenvalue weighted by Crippen LogP contribution is -2.29. The zero-order chi connectivity index (χ0) is 12.7. The highest BCUT2D eigenvalue weighted by Crippen LogP contribution is 2.20. The fraction of sp³-hybridized carbons (Fsp3) is 0.417. The normalized spacial score (nSPS) is 10.3. The number of aliphatic hydroxyl groups is 1. The van der Waals surface area contributed by atoms with Crippen molar-refractivity contribution in [1.82, 2.24) is 4.90 Å². The van der Waals surface area contributed by atoms with Gasteiger partial charge in [-0.1, -0.05) is 11.6 Å². The van der Waals surface area contributed by atoms with E-state index in [4.69, 9.17) is 16.7 Å². The molecule has 1 rings (SSSR count). The van der Waals surface area contributed by atoms with Gasteiger partial charge in [0.05, 0.1) is 5.75 Å². The highest BCUT2D eigenvalue weighted by molar-refractivity contribution is 8.00. The van der Waals surface area contributed by atoms with Crippen LogP contribution in [0.5, 0.6) is 0 Å². The minimum atomic E-state index is 0.0680. The largest absolute Gasteiger partial charge is 0.396 e. The van der Waals surface area contributed by atoms with Crippen molar-refractivity contribution in [2.75, 3.05) is 26.0 Å². The summed E-state index contributed by atoms with van der Waals surface area (Å²) in [5.41, 5.74) is 0. The average Bonchev–Trinajstić information content (AvgIpc) is 2.34. The van der Waals surface area contributed by atoms with Gasteiger partial charge in [0.15, 0.2) is 0 Å². The molecule has 0 aliphatic carbocycles. The maximum atomic E-state index is 11.7. The monoisotopic (exact) mass is 273 g/mol. The maximum Gasteiger partial charge on any atom is 0.232 e. The molecule has 0 aliphatic heterocycles. The number of rotatable bonds is 6. The summed E-state index contributed by atoms with van der Waals surface area (Å²) in [6.07, 6.45) is 0.619. The van der Waals surface area contributed by atoms with Gasteiger partial charge in [-0.05, 0) is 30.7 Å². The summed E-state index contributed by atoms with van der Waals surface area (Å²) >= 11 is 7.26. The van der Waals surface area contributed by atoms with Gasteiger partial charge >= 0.3 is 0 Å². The van der Waals surface area contributed by atoms with Gasteiger partial charge in [0, 0.05) is 30.1 Å². The predicted octanol–water partition coefficient (Wildman–Crippen LogP) is 2.27. The Hall–Kier alpha value is -0.710. The molecule has 0 atom stereocenters. The van der Waals surface area contributed by atoms with E-state index in [-0.39, 0.29) is 12.5 Å². The molecule has 1 aromatic carbocycles. The van der Waals surface area contributed by atoms with Gasteiger partial charge in [-0.15, -0.1) is 11.8 Å². The van der Waals surface area contributed by atoms with E-state index in [1.807, 2.05) is 24.3 Å². The molecule has 0 aromatic heterocycles. The summed E-state index contributed by atoms with van der Waals surface area (Å²) in [5.74, 6) is 0.474. The molecule has 1 N–H and O–H groups in total. The van der Waals surface area contributed by atoms with Gasteiger partial charge in [-0.2, -0.15) is 0 Å². The Labute approximate surface area is 111 Å². The number of hydrogen-bond donors (Lipinski definition) is 1. The fourth-order valence-corrected chi connectivity index (χ4v) is 2.18. The van der Waals surface area contributed by atoms with Crippen LogP contribution in [0.25, 0.3) is 0 Å². The lowest BCUT2D eigenvalue weighted by Gasteiger charge is -2.16. The van der Waals surface area contributed by atoms with Crippen LogP contribution in [0.4, 0.5) is 0 Å². The second-order valence-electron chi connectivity index (χ2n) is 3.64. The zero-order valence-corrected chi connectivity index (χ0v) is 11.3. The molecule has 0 saturated heterocycles. The van der Waals surface area contributed by atoms with Gasteiger partial charge in [0.2, 0.25) is 5.91 Å². The van der Waals surface area contributed by atoms with Gasteiger partial charge in [-0.25, -0.2) is 0 Å². The van der Waals surface area contributed by atoms with Crippen molar-refractivity contribution in [3.05, 3.63) is 29.3 Å². The van der Waals surface area contributed by atoms with E-state index in [1.54, 1.807) is 11.9 Å². The summed E-state index contributed by atoms with van der Waals surface area (Å²) in [6, 6.07) is 7.41. The van der Waals surface area contributed by atoms with E-state index < -0.39 is 0 Å². The fourth-order valence-electron chi connectivity index (χ4n) is 1.22. The topological polar surface area (TPSA) is 40.5 Å². The Balaban J connectivity index is 2.34. The second kappa shape index (κ2) is 7.58. The van der Waals surface area contributed by atoms with Gasteiger partial charge < -0.3 is 10.0 Å². The van der Waals surface area contributed by atoms with Crippen LogP contribution >= 0.6 is 23.4 Å². The third kappa shape index (κ3) is 5.44. The van der Waals surface area contributed by atoms with Gasteiger partial charge in [-0.3, -0.25) is 4.79 Å². The quantitative estimate of drug-likeness (QED) is 0.809. The van der Waals surface area contributed by atoms with E-state index in [0.29, 0.717) is 23.7 Å². The molecule has 5 heteroatoms. The lowest BCUT2D eigenvalue weighted by atomic mass is 10.4. The minimum absolute atomic E-state index is 0.0680. The number of nitrogens with zero attached hydrogens (tertiary/aromatic N) is 1. The molecule has 0 saturated carbocycles. The molecule has 94 valence electrons. The van der Waals surface area contributed by atoms with Crippen LogP contribution in [0.1, 0.15) is 6.42 Å². The molecule has 0 aliphatic rings. The number of halogens is 1. The van der Waals surface area contributed by atoms with Crippen LogP contribution in [0.3, 0.4) is 0 Å². The Morgan fingerprint density at radius 2 is 2.06 bits per heavy atom. The summed E-state index contributed by atoms with van der Waals surface area (Å²) in [4.78, 5) is 14.4. The Bertz CT molecular complexity index is 356. The highest BCUT2D eigenvalue weighted by atomic mass is 35.5. The van der Waals surface area contributed by atoms with Gasteiger partial charge in [0.25, 0.3) is 0 Å². The van der Waals surface area contributed by atoms with Crippen molar-refractivity contribution >= 4 is 29.3 Å². The number of carbonyl (C=O) groups is 1. The smallest absolute Gasteiger partial charge is 0.232 e. The van der Waals surface area contributed by atoms with Crippen molar-refractivity contribution < 1.29 is 9.90 Å². The second-order valence-corrected chi connectivity index (χ2v) is 5.12. The molecule has 1 aromatic rings. The van der Waals surface area contributed by atoms with E-state index in [2.05, 4.69) is 0 Å². The highest BCUT2D eigenvalue weighted by Gasteiger charge is 2.08. The van der Waals surface area contributed by atoms with E-state index in [9.17, 15) is 4.79 Å². The SMILES string of the molecule is CN(CCCO)C(=O)CSc1ccc(Cl)cc1. The van der Waals surface area contributed by atoms with Gasteiger partial charge in [0.1, 0.15) is 0 Å². The van der Waals surface area contributed by atoms with E-state index in [0.717, 1.165) is 4.90 Å². The van der Waals surface area contributed by atoms with Crippen LogP contribution < -0.4 is 0 Å². The van der Waals surface area contributed by atoms with Crippen LogP contribution in [0, 0.1) is 0 Å². The van der Waals surface area contributed by atoms with Crippen molar-refractivity contribution in [3.63, 3.8) is 0 Å². The van der Waals surface area contributed by atoms with Crippen LogP contribution in [0.2, 0.25) is 5.02 Å². The van der Waals surface area contributed by atoms with Crippen molar-refractivity contribution in [1.29, 1.82) is 0 Å². The first-order chi connectivity index (χ1) is 8.13. The third-order valence-electron chi connectivity index (χ3n) is 2.25. The molecule has 0 fully saturated rings. The van der Waals surface area contributed by atoms with E-state index >= 15 is 0 Å². The summed E-state index contributed by atoms with van der Waals surface area (Å²) in [5, 5.41) is 9.37. The summed E-state index contributed by atoms with van der Waals surface area (Å²) < 4.78 is 0. The molecular formula is C12H16ClNO2S. The number of thioether (sulfide) groups is 1. The number of benzene rings is 1. The number of carbonyl (C=O) groups excluding carboxylic acids is 1. The number of amides is 1. The molecule has 0 heterocycles. The van der Waals surface area contributed by atoms with Crippen molar-refractivity contribution in [2.24, 2.45) is 0 Å². The molecule has 0 spiro atoms. The third-order valence-corrected chi connectivity index (χ3v) is 3.50. The first-order valence-corrected chi connectivity index (χ1v) is 6.73. The number of aliphatic hydroxyl groups excluding tert-OH is 1. The molecule has 1 amide bonds. The van der Waals surface area contributed by atoms with Crippen LogP contribution in [0.15, 0.2) is 29.2 Å². The van der Waals surface area contributed by atoms with Crippen molar-refractivity contribution in [2.45, 2.75) is 11.3 Å². The molecule has 0 radical (unpaired) electrons.